The van der Waals surface area contributed by atoms with Crippen molar-refractivity contribution >= 4 is 17.8 Å². The second kappa shape index (κ2) is 9.15. The number of rotatable bonds is 7. The Labute approximate surface area is 188 Å². The second-order valence-corrected chi connectivity index (χ2v) is 8.92. The van der Waals surface area contributed by atoms with E-state index >= 15 is 0 Å². The summed E-state index contributed by atoms with van der Waals surface area (Å²) in [5, 5.41) is 12.4. The van der Waals surface area contributed by atoms with Crippen molar-refractivity contribution in [2.24, 2.45) is 11.8 Å². The van der Waals surface area contributed by atoms with E-state index in [1.165, 1.54) is 17.2 Å². The van der Waals surface area contributed by atoms with Crippen LogP contribution in [-0.2, 0) is 29.0 Å². The molecule has 1 aliphatic carbocycles. The van der Waals surface area contributed by atoms with Gasteiger partial charge in [0.05, 0.1) is 5.56 Å². The lowest BCUT2D eigenvalue weighted by atomic mass is 9.86. The van der Waals surface area contributed by atoms with E-state index < -0.39 is 18.1 Å². The molecule has 1 heterocycles. The Morgan fingerprint density at radius 3 is 2.31 bits per heavy atom. The molecule has 4 rings (SSSR count). The minimum atomic E-state index is -1.01. The summed E-state index contributed by atoms with van der Waals surface area (Å²) in [6, 6.07) is 13.7. The first kappa shape index (κ1) is 22.1. The number of carbonyl (C=O) groups is 3. The Balaban J connectivity index is 1.64. The smallest absolute Gasteiger partial charge is 0.335 e. The fraction of sp³-hybridized carbons (Fsp3) is 0.423. The van der Waals surface area contributed by atoms with E-state index in [0.29, 0.717) is 0 Å². The maximum absolute atomic E-state index is 13.8. The van der Waals surface area contributed by atoms with Crippen LogP contribution in [-0.4, -0.2) is 39.9 Å². The van der Waals surface area contributed by atoms with Crippen molar-refractivity contribution in [2.45, 2.75) is 58.2 Å². The van der Waals surface area contributed by atoms with E-state index in [1.54, 1.807) is 17.0 Å². The standard InChI is InChI=1S/C26H30N2O4/c1-3-17(4-2)23-24(29)27-22(21-13-18-9-5-6-10-19(18)14-21)25(30)28(23)15-16-8-7-11-20(12-16)26(31)32/h5-12,17,21-23H,3-4,13-15H2,1-2H3,(H,27,29)(H,31,32)/t22-,23-/m1/s1. The average molecular weight is 435 g/mol. The van der Waals surface area contributed by atoms with E-state index in [9.17, 15) is 19.5 Å². The molecule has 1 aliphatic heterocycles. The van der Waals surface area contributed by atoms with Crippen molar-refractivity contribution in [3.8, 4) is 0 Å². The molecule has 0 unspecified atom stereocenters. The SMILES string of the molecule is CCC(CC)[C@@H]1C(=O)N[C@H](C2Cc3ccccc3C2)C(=O)N1Cc1cccc(C(=O)O)c1. The molecule has 2 N–H and O–H groups in total. The summed E-state index contributed by atoms with van der Waals surface area (Å²) in [6.45, 7) is 4.30. The molecule has 6 nitrogen and oxygen atoms in total. The van der Waals surface area contributed by atoms with Crippen LogP contribution in [0.3, 0.4) is 0 Å². The van der Waals surface area contributed by atoms with Gasteiger partial charge in [-0.15, -0.1) is 0 Å². The first-order valence-electron chi connectivity index (χ1n) is 11.4. The number of fused-ring (bicyclic) bond motifs is 1. The molecule has 2 atom stereocenters. The molecule has 168 valence electrons. The van der Waals surface area contributed by atoms with Crippen molar-refractivity contribution < 1.29 is 19.5 Å². The van der Waals surface area contributed by atoms with E-state index in [4.69, 9.17) is 0 Å². The lowest BCUT2D eigenvalue weighted by Gasteiger charge is -2.43. The summed E-state index contributed by atoms with van der Waals surface area (Å²) in [5.41, 5.74) is 3.38. The van der Waals surface area contributed by atoms with Crippen LogP contribution in [0.1, 0.15) is 53.7 Å². The van der Waals surface area contributed by atoms with E-state index in [1.807, 2.05) is 32.0 Å². The number of carboxylic acid groups (broad SMARTS) is 1. The quantitative estimate of drug-likeness (QED) is 0.699. The third kappa shape index (κ3) is 4.14. The van der Waals surface area contributed by atoms with Gasteiger partial charge in [0.15, 0.2) is 0 Å². The Morgan fingerprint density at radius 1 is 1.06 bits per heavy atom. The van der Waals surface area contributed by atoms with Crippen LogP contribution in [0.2, 0.25) is 0 Å². The number of piperazine rings is 1. The highest BCUT2D eigenvalue weighted by molar-refractivity contribution is 5.97. The van der Waals surface area contributed by atoms with Crippen molar-refractivity contribution in [1.29, 1.82) is 0 Å². The Hall–Kier alpha value is -3.15. The Kier molecular flexibility index (Phi) is 6.31. The van der Waals surface area contributed by atoms with Gasteiger partial charge in [-0.2, -0.15) is 0 Å². The topological polar surface area (TPSA) is 86.7 Å². The Morgan fingerprint density at radius 2 is 1.72 bits per heavy atom. The Bertz CT molecular complexity index is 1000. The number of nitrogens with zero attached hydrogens (tertiary/aromatic N) is 1. The second-order valence-electron chi connectivity index (χ2n) is 8.92. The van der Waals surface area contributed by atoms with Gasteiger partial charge in [0, 0.05) is 6.54 Å². The van der Waals surface area contributed by atoms with Gasteiger partial charge in [0.25, 0.3) is 0 Å². The van der Waals surface area contributed by atoms with Gasteiger partial charge in [-0.3, -0.25) is 9.59 Å². The number of carboxylic acids is 1. The summed E-state index contributed by atoms with van der Waals surface area (Å²) in [7, 11) is 0. The van der Waals surface area contributed by atoms with Crippen LogP contribution in [0.4, 0.5) is 0 Å². The van der Waals surface area contributed by atoms with Gasteiger partial charge >= 0.3 is 5.97 Å². The van der Waals surface area contributed by atoms with E-state index in [2.05, 4.69) is 17.4 Å². The number of amides is 2. The molecule has 2 aliphatic rings. The molecule has 0 spiro atoms. The van der Waals surface area contributed by atoms with Gasteiger partial charge < -0.3 is 15.3 Å². The number of hydrogen-bond acceptors (Lipinski definition) is 3. The van der Waals surface area contributed by atoms with Crippen LogP contribution in [0.15, 0.2) is 48.5 Å². The molecular formula is C26H30N2O4. The van der Waals surface area contributed by atoms with E-state index in [0.717, 1.165) is 31.2 Å². The van der Waals surface area contributed by atoms with Crippen LogP contribution < -0.4 is 5.32 Å². The highest BCUT2D eigenvalue weighted by Crippen LogP contribution is 2.33. The molecule has 1 saturated heterocycles. The predicted octanol–water partition coefficient (Wildman–Crippen LogP) is 3.43. The van der Waals surface area contributed by atoms with Gasteiger partial charge in [-0.25, -0.2) is 4.79 Å². The maximum Gasteiger partial charge on any atom is 0.335 e. The molecule has 2 aromatic carbocycles. The fourth-order valence-corrected chi connectivity index (χ4v) is 5.29. The maximum atomic E-state index is 13.8. The summed E-state index contributed by atoms with van der Waals surface area (Å²) < 4.78 is 0. The lowest BCUT2D eigenvalue weighted by Crippen LogP contribution is -2.66. The number of carbonyl (C=O) groups excluding carboxylic acids is 2. The molecule has 1 fully saturated rings. The number of nitrogens with one attached hydrogen (secondary N) is 1. The summed E-state index contributed by atoms with van der Waals surface area (Å²) in [4.78, 5) is 40.2. The van der Waals surface area contributed by atoms with Crippen molar-refractivity contribution in [3.05, 3.63) is 70.8 Å². The third-order valence-electron chi connectivity index (χ3n) is 7.03. The molecule has 32 heavy (non-hydrogen) atoms. The molecular weight excluding hydrogens is 404 g/mol. The number of benzene rings is 2. The highest BCUT2D eigenvalue weighted by Gasteiger charge is 2.46. The molecule has 6 heteroatoms. The molecule has 0 aromatic heterocycles. The minimum Gasteiger partial charge on any atom is -0.478 e. The first-order valence-corrected chi connectivity index (χ1v) is 11.4. The van der Waals surface area contributed by atoms with Gasteiger partial charge in [0.1, 0.15) is 12.1 Å². The van der Waals surface area contributed by atoms with Crippen LogP contribution >= 0.6 is 0 Å². The molecule has 0 saturated carbocycles. The minimum absolute atomic E-state index is 0.0272. The largest absolute Gasteiger partial charge is 0.478 e. The summed E-state index contributed by atoms with van der Waals surface area (Å²) in [6.07, 6.45) is 3.11. The monoisotopic (exact) mass is 434 g/mol. The van der Waals surface area contributed by atoms with Crippen molar-refractivity contribution in [3.63, 3.8) is 0 Å². The van der Waals surface area contributed by atoms with Gasteiger partial charge in [-0.1, -0.05) is 63.1 Å². The van der Waals surface area contributed by atoms with Crippen molar-refractivity contribution in [1.82, 2.24) is 10.2 Å². The van der Waals surface area contributed by atoms with Gasteiger partial charge in [-0.05, 0) is 53.5 Å². The zero-order valence-electron chi connectivity index (χ0n) is 18.6. The first-order chi connectivity index (χ1) is 15.4. The molecule has 2 aromatic rings. The normalized spacial score (nSPS) is 21.0. The van der Waals surface area contributed by atoms with Crippen molar-refractivity contribution in [2.75, 3.05) is 0 Å². The van der Waals surface area contributed by atoms with E-state index in [-0.39, 0.29) is 35.8 Å². The number of hydrogen-bond donors (Lipinski definition) is 2. The molecule has 0 radical (unpaired) electrons. The summed E-state index contributed by atoms with van der Waals surface area (Å²) in [5.74, 6) is -1.11. The fourth-order valence-electron chi connectivity index (χ4n) is 5.29. The van der Waals surface area contributed by atoms with Crippen LogP contribution in [0.5, 0.6) is 0 Å². The third-order valence-corrected chi connectivity index (χ3v) is 7.03. The number of aromatic carboxylic acids is 1. The highest BCUT2D eigenvalue weighted by atomic mass is 16.4. The molecule has 0 bridgehead atoms. The predicted molar refractivity (Wildman–Crippen MR) is 121 cm³/mol. The molecule has 2 amide bonds. The van der Waals surface area contributed by atoms with Crippen LogP contribution in [0.25, 0.3) is 0 Å². The average Bonchev–Trinajstić information content (AvgIpc) is 3.22. The zero-order chi connectivity index (χ0) is 22.8. The zero-order valence-corrected chi connectivity index (χ0v) is 18.6. The van der Waals surface area contributed by atoms with Gasteiger partial charge in [0.2, 0.25) is 11.8 Å². The summed E-state index contributed by atoms with van der Waals surface area (Å²) >= 11 is 0. The lowest BCUT2D eigenvalue weighted by molar-refractivity contribution is -0.154. The van der Waals surface area contributed by atoms with Crippen LogP contribution in [0, 0.1) is 11.8 Å².